The summed E-state index contributed by atoms with van der Waals surface area (Å²) in [7, 11) is 0. The van der Waals surface area contributed by atoms with E-state index >= 15 is 0 Å². The Bertz CT molecular complexity index is 4820. The Balaban J connectivity index is 0.655. The van der Waals surface area contributed by atoms with Gasteiger partial charge in [0, 0.05) is 107 Å². The van der Waals surface area contributed by atoms with Gasteiger partial charge in [-0.05, 0) is 253 Å². The fourth-order valence-electron chi connectivity index (χ4n) is 15.0. The zero-order valence-corrected chi connectivity index (χ0v) is 75.2. The number of aryl methyl sites for hydroxylation is 6. The monoisotopic (exact) mass is 1670 g/mol. The Labute approximate surface area is 706 Å². The van der Waals surface area contributed by atoms with Crippen molar-refractivity contribution >= 4 is 148 Å². The summed E-state index contributed by atoms with van der Waals surface area (Å²) in [6, 6.07) is 62.4. The van der Waals surface area contributed by atoms with Gasteiger partial charge in [-0.3, -0.25) is 0 Å². The summed E-state index contributed by atoms with van der Waals surface area (Å²) in [5.41, 5.74) is 14.2. The Hall–Kier alpha value is -5.42. The van der Waals surface area contributed by atoms with Crippen molar-refractivity contribution < 1.29 is 0 Å². The predicted octanol–water partition coefficient (Wildman–Crippen LogP) is 37.3. The molecule has 12 aromatic heterocycles. The number of rotatable bonds is 44. The van der Waals surface area contributed by atoms with E-state index in [4.69, 9.17) is 0 Å². The first-order valence-electron chi connectivity index (χ1n) is 41.4. The summed E-state index contributed by atoms with van der Waals surface area (Å²) in [6.45, 7) is 13.9. The molecule has 0 N–H and O–H groups in total. The lowest BCUT2D eigenvalue weighted by Crippen LogP contribution is -1.85. The van der Waals surface area contributed by atoms with E-state index in [0.717, 1.165) is 25.7 Å². The first-order chi connectivity index (χ1) is 54.2. The van der Waals surface area contributed by atoms with Crippen LogP contribution in [-0.4, -0.2) is 0 Å². The molecule has 0 nitrogen and oxygen atoms in total. The normalized spacial score (nSPS) is 11.9. The number of thiophene rings is 12. The SMILES string of the molecule is CCCCCCc1ccsc1-c1ccc(-c2ccc(-c3sc(-c4ccc(-c5sc(-c6ccc(/C=C/c7ccc(-c8cc(CCCCCC)c(-c9ccc(-c%10cc(CCCCCC)c(-c%11ccc(-c%12ccc(-c%13sccc%13CCCCCC)s%12)s%11)s%10)s9)s8)cc7)cc6)cc5CCCCCC)s4)cc3CCCCCC)s2)s1. The van der Waals surface area contributed by atoms with E-state index in [0.29, 0.717) is 0 Å². The second kappa shape index (κ2) is 41.2. The third-order valence-corrected chi connectivity index (χ3v) is 36.4. The van der Waals surface area contributed by atoms with Gasteiger partial charge in [-0.15, -0.1) is 136 Å². The highest BCUT2D eigenvalue weighted by molar-refractivity contribution is 7.32. The van der Waals surface area contributed by atoms with Gasteiger partial charge >= 0.3 is 0 Å². The van der Waals surface area contributed by atoms with Crippen LogP contribution in [0.25, 0.3) is 131 Å². The molecule has 572 valence electrons. The molecule has 0 radical (unpaired) electrons. The Morgan fingerprint density at radius 2 is 0.418 bits per heavy atom. The highest BCUT2D eigenvalue weighted by Gasteiger charge is 2.24. The van der Waals surface area contributed by atoms with E-state index in [1.54, 1.807) is 0 Å². The van der Waals surface area contributed by atoms with Gasteiger partial charge in [0.2, 0.25) is 0 Å². The fourth-order valence-corrected chi connectivity index (χ4v) is 29.1. The molecule has 0 saturated heterocycles. The molecule has 0 aliphatic carbocycles. The first-order valence-corrected chi connectivity index (χ1v) is 51.3. The molecular formula is C98H108S12. The number of hydrogen-bond donors (Lipinski definition) is 0. The molecule has 14 rings (SSSR count). The van der Waals surface area contributed by atoms with Crippen molar-refractivity contribution in [1.29, 1.82) is 0 Å². The lowest BCUT2D eigenvalue weighted by molar-refractivity contribution is 0.668. The van der Waals surface area contributed by atoms with E-state index in [9.17, 15) is 0 Å². The smallest absolute Gasteiger partial charge is 0.0481 e. The van der Waals surface area contributed by atoms with E-state index in [1.165, 1.54) is 330 Å². The zero-order valence-electron chi connectivity index (χ0n) is 65.4. The van der Waals surface area contributed by atoms with Crippen LogP contribution in [0.4, 0.5) is 0 Å². The number of benzene rings is 2. The largest absolute Gasteiger partial charge is 0.143 e. The van der Waals surface area contributed by atoms with Crippen LogP contribution < -0.4 is 0 Å². The van der Waals surface area contributed by atoms with Crippen LogP contribution in [0.1, 0.15) is 240 Å². The van der Waals surface area contributed by atoms with Crippen molar-refractivity contribution in [2.75, 3.05) is 0 Å². The summed E-state index contributed by atoms with van der Waals surface area (Å²) in [5.74, 6) is 0. The van der Waals surface area contributed by atoms with Crippen LogP contribution in [0.3, 0.4) is 0 Å². The van der Waals surface area contributed by atoms with Gasteiger partial charge in [0.05, 0.1) is 0 Å². The molecule has 0 amide bonds. The highest BCUT2D eigenvalue weighted by Crippen LogP contribution is 2.53. The number of unbranched alkanes of at least 4 members (excludes halogenated alkanes) is 18. The summed E-state index contributed by atoms with van der Waals surface area (Å²) < 4.78 is 0. The minimum absolute atomic E-state index is 1.12. The van der Waals surface area contributed by atoms with Crippen molar-refractivity contribution in [3.05, 3.63) is 213 Å². The maximum Gasteiger partial charge on any atom is 0.0481 e. The molecular weight excluding hydrogens is 1560 g/mol. The zero-order chi connectivity index (χ0) is 75.4. The molecule has 0 unspecified atom stereocenters. The van der Waals surface area contributed by atoms with Crippen molar-refractivity contribution in [3.8, 4) is 118 Å². The maximum atomic E-state index is 2.56. The molecule has 0 aliphatic heterocycles. The predicted molar refractivity (Wildman–Crippen MR) is 509 cm³/mol. The van der Waals surface area contributed by atoms with Crippen LogP contribution in [0.2, 0.25) is 0 Å². The third-order valence-electron chi connectivity index (χ3n) is 21.3. The minimum Gasteiger partial charge on any atom is -0.143 e. The van der Waals surface area contributed by atoms with Crippen LogP contribution >= 0.6 is 136 Å². The Morgan fingerprint density at radius 1 is 0.191 bits per heavy atom. The van der Waals surface area contributed by atoms with Gasteiger partial charge in [0.1, 0.15) is 0 Å². The summed E-state index contributed by atoms with van der Waals surface area (Å²) in [6.07, 6.45) is 42.2. The van der Waals surface area contributed by atoms with Gasteiger partial charge < -0.3 is 0 Å². The molecule has 0 spiro atoms. The Morgan fingerprint density at radius 3 is 0.691 bits per heavy atom. The van der Waals surface area contributed by atoms with Gasteiger partial charge in [-0.25, -0.2) is 0 Å². The third kappa shape index (κ3) is 20.8. The molecule has 0 fully saturated rings. The fraction of sp³-hybridized carbons (Fsp3) is 0.367. The number of hydrogen-bond acceptors (Lipinski definition) is 12. The molecule has 110 heavy (non-hydrogen) atoms. The molecule has 0 aliphatic rings. The molecule has 0 atom stereocenters. The molecule has 12 heteroatoms. The summed E-state index contributed by atoms with van der Waals surface area (Å²) in [5, 5.41) is 4.60. The van der Waals surface area contributed by atoms with Crippen molar-refractivity contribution in [2.24, 2.45) is 0 Å². The van der Waals surface area contributed by atoms with Crippen molar-refractivity contribution in [3.63, 3.8) is 0 Å². The molecule has 12 heterocycles. The average Bonchev–Trinajstić information content (AvgIpc) is 1.63. The summed E-state index contributed by atoms with van der Waals surface area (Å²) >= 11 is 23.8. The second-order valence-electron chi connectivity index (χ2n) is 29.8. The lowest BCUT2D eigenvalue weighted by atomic mass is 10.0. The van der Waals surface area contributed by atoms with Crippen LogP contribution in [0.5, 0.6) is 0 Å². The Kier molecular flexibility index (Phi) is 30.4. The minimum atomic E-state index is 1.12. The molecule has 2 aromatic carbocycles. The van der Waals surface area contributed by atoms with E-state index < -0.39 is 0 Å². The topological polar surface area (TPSA) is 0 Å². The average molecular weight is 1670 g/mol. The van der Waals surface area contributed by atoms with Crippen LogP contribution in [-0.2, 0) is 38.5 Å². The van der Waals surface area contributed by atoms with Crippen molar-refractivity contribution in [1.82, 2.24) is 0 Å². The van der Waals surface area contributed by atoms with Crippen molar-refractivity contribution in [2.45, 2.75) is 234 Å². The van der Waals surface area contributed by atoms with E-state index in [1.807, 2.05) is 136 Å². The standard InChI is InChI=1S/C98H108S12/c1-7-13-19-25-31-71-59-61-99-93(71)83-53-47-77(101-83)79-49-55-87(103-79)97-75(35-29-23-17-11-5)65-91(109-97)81-51-57-85(105-81)95-73(33-27-21-15-9-3)63-89(107-95)69-43-39-67(40-44-69)37-38-68-41-45-70(46-42-68)90-64-74(34-28-22-16-10-4)96(108-90)86-58-52-82(106-86)92-66-76(36-30-24-18-12-6)98(110-92)88-56-50-80(104-88)78-48-54-84(102-78)94-72(60-62-100-94)32-26-20-14-8-2/h37-66H,7-36H2,1-6H3/b38-37+. The van der Waals surface area contributed by atoms with Gasteiger partial charge in [-0.2, -0.15) is 0 Å². The maximum absolute atomic E-state index is 2.56. The van der Waals surface area contributed by atoms with Crippen LogP contribution in [0, 0.1) is 0 Å². The molecule has 0 bridgehead atoms. The van der Waals surface area contributed by atoms with Gasteiger partial charge in [0.25, 0.3) is 0 Å². The van der Waals surface area contributed by atoms with E-state index in [-0.39, 0.29) is 0 Å². The first kappa shape index (κ1) is 81.2. The quantitative estimate of drug-likeness (QED) is 0.0264. The summed E-state index contributed by atoms with van der Waals surface area (Å²) in [4.78, 5) is 31.2. The van der Waals surface area contributed by atoms with Crippen LogP contribution in [0.15, 0.2) is 168 Å². The molecule has 0 saturated carbocycles. The highest BCUT2D eigenvalue weighted by atomic mass is 32.1. The van der Waals surface area contributed by atoms with Gasteiger partial charge in [-0.1, -0.05) is 218 Å². The van der Waals surface area contributed by atoms with E-state index in [2.05, 4.69) is 222 Å². The second-order valence-corrected chi connectivity index (χ2v) is 42.4. The van der Waals surface area contributed by atoms with Gasteiger partial charge in [0.15, 0.2) is 0 Å². The molecule has 14 aromatic rings. The lowest BCUT2D eigenvalue weighted by Gasteiger charge is -2.02.